The van der Waals surface area contributed by atoms with Crippen molar-refractivity contribution < 1.29 is 29.1 Å². The molecule has 4 amide bonds. The number of nitrogens with two attached hydrogens (primary N) is 2. The van der Waals surface area contributed by atoms with Gasteiger partial charge in [-0.25, -0.2) is 4.79 Å². The maximum atomic E-state index is 12.3. The van der Waals surface area contributed by atoms with Gasteiger partial charge in [0.1, 0.15) is 18.1 Å². The molecule has 8 N–H and O–H groups in total. The number of carbonyl (C=O) groups excluding carboxylic acids is 4. The standard InChI is InChI=1S/C17H31N5O6S/c1-4-8(2)13(19)16(26)20-9(3)14(24)22-11(7-29)15(25)21-10(17(27)28)5-6-12(18)23/h8-11,13,29H,4-7,19H2,1-3H3,(H2,18,23)(H,20,26)(H,21,25)(H,22,24)(H,27,28). The number of hydrogen-bond donors (Lipinski definition) is 7. The third-order valence-corrected chi connectivity index (χ3v) is 4.79. The first-order chi connectivity index (χ1) is 13.4. The number of primary amides is 1. The molecule has 0 aromatic heterocycles. The van der Waals surface area contributed by atoms with Crippen LogP contribution in [0.2, 0.25) is 0 Å². The van der Waals surface area contributed by atoms with E-state index in [0.717, 1.165) is 0 Å². The average Bonchev–Trinajstić information content (AvgIpc) is 2.66. The Morgan fingerprint density at radius 3 is 1.97 bits per heavy atom. The summed E-state index contributed by atoms with van der Waals surface area (Å²) in [5.74, 6) is -4.19. The van der Waals surface area contributed by atoms with Crippen LogP contribution in [-0.4, -0.2) is 64.6 Å². The molecule has 5 atom stereocenters. The Balaban J connectivity index is 4.87. The van der Waals surface area contributed by atoms with Gasteiger partial charge in [-0.3, -0.25) is 19.2 Å². The largest absolute Gasteiger partial charge is 0.480 e. The summed E-state index contributed by atoms with van der Waals surface area (Å²) in [6.07, 6.45) is 0.274. The van der Waals surface area contributed by atoms with Crippen molar-refractivity contribution in [3.8, 4) is 0 Å². The number of carboxylic acid groups (broad SMARTS) is 1. The molecule has 0 aliphatic rings. The summed E-state index contributed by atoms with van der Waals surface area (Å²) in [5, 5.41) is 16.2. The van der Waals surface area contributed by atoms with Crippen molar-refractivity contribution in [1.29, 1.82) is 0 Å². The number of hydrogen-bond acceptors (Lipinski definition) is 7. The zero-order valence-electron chi connectivity index (χ0n) is 16.8. The molecule has 0 aliphatic carbocycles. The Morgan fingerprint density at radius 1 is 0.966 bits per heavy atom. The molecule has 0 fully saturated rings. The minimum atomic E-state index is -1.35. The topological polar surface area (TPSA) is 194 Å². The Bertz CT molecular complexity index is 617. The number of carbonyl (C=O) groups is 5. The lowest BCUT2D eigenvalue weighted by atomic mass is 9.99. The first kappa shape index (κ1) is 26.7. The number of rotatable bonds is 13. The number of nitrogens with one attached hydrogen (secondary N) is 3. The molecule has 0 aromatic rings. The second-order valence-electron chi connectivity index (χ2n) is 6.79. The summed E-state index contributed by atoms with van der Waals surface area (Å²) >= 11 is 3.99. The molecule has 0 saturated heterocycles. The maximum absolute atomic E-state index is 12.3. The van der Waals surface area contributed by atoms with Gasteiger partial charge in [0.25, 0.3) is 0 Å². The van der Waals surface area contributed by atoms with Crippen LogP contribution in [0.4, 0.5) is 0 Å². The SMILES string of the molecule is CCC(C)C(N)C(=O)NC(C)C(=O)NC(CS)C(=O)NC(CCC(N)=O)C(=O)O. The third-order valence-electron chi connectivity index (χ3n) is 4.42. The van der Waals surface area contributed by atoms with Crippen LogP contribution in [0.25, 0.3) is 0 Å². The van der Waals surface area contributed by atoms with E-state index in [-0.39, 0.29) is 24.5 Å². The Kier molecular flexibility index (Phi) is 11.9. The lowest BCUT2D eigenvalue weighted by molar-refractivity contribution is -0.142. The smallest absolute Gasteiger partial charge is 0.326 e. The van der Waals surface area contributed by atoms with E-state index < -0.39 is 53.8 Å². The van der Waals surface area contributed by atoms with E-state index in [2.05, 4.69) is 28.6 Å². The molecule has 0 radical (unpaired) electrons. The van der Waals surface area contributed by atoms with Gasteiger partial charge < -0.3 is 32.5 Å². The molecule has 166 valence electrons. The lowest BCUT2D eigenvalue weighted by Gasteiger charge is -2.23. The highest BCUT2D eigenvalue weighted by molar-refractivity contribution is 7.80. The molecular formula is C17H31N5O6S. The van der Waals surface area contributed by atoms with Crippen LogP contribution in [0, 0.1) is 5.92 Å². The summed E-state index contributed by atoms with van der Waals surface area (Å²) in [6, 6.07) is -4.25. The van der Waals surface area contributed by atoms with Crippen molar-refractivity contribution in [3.05, 3.63) is 0 Å². The molecule has 0 saturated carbocycles. The van der Waals surface area contributed by atoms with Crippen LogP contribution in [0.5, 0.6) is 0 Å². The van der Waals surface area contributed by atoms with Crippen LogP contribution in [0.1, 0.15) is 40.0 Å². The summed E-state index contributed by atoms with van der Waals surface area (Å²) in [4.78, 5) is 58.7. The first-order valence-electron chi connectivity index (χ1n) is 9.23. The number of aliphatic carboxylic acids is 1. The molecule has 0 bridgehead atoms. The van der Waals surface area contributed by atoms with E-state index in [1.165, 1.54) is 6.92 Å². The molecule has 0 spiro atoms. The van der Waals surface area contributed by atoms with Crippen molar-refractivity contribution in [2.75, 3.05) is 5.75 Å². The van der Waals surface area contributed by atoms with Gasteiger partial charge in [0.05, 0.1) is 6.04 Å². The van der Waals surface area contributed by atoms with Gasteiger partial charge in [-0.2, -0.15) is 12.6 Å². The van der Waals surface area contributed by atoms with Crippen LogP contribution in [0.3, 0.4) is 0 Å². The summed E-state index contributed by atoms with van der Waals surface area (Å²) in [6.45, 7) is 5.13. The highest BCUT2D eigenvalue weighted by atomic mass is 32.1. The predicted octanol–water partition coefficient (Wildman–Crippen LogP) is -1.89. The van der Waals surface area contributed by atoms with E-state index >= 15 is 0 Å². The normalized spacial score (nSPS) is 15.9. The van der Waals surface area contributed by atoms with Crippen molar-refractivity contribution >= 4 is 42.2 Å². The van der Waals surface area contributed by atoms with Crippen molar-refractivity contribution in [2.24, 2.45) is 17.4 Å². The van der Waals surface area contributed by atoms with E-state index in [0.29, 0.717) is 6.42 Å². The zero-order chi connectivity index (χ0) is 22.7. The molecule has 0 heterocycles. The molecule has 0 aliphatic heterocycles. The van der Waals surface area contributed by atoms with Crippen molar-refractivity contribution in [2.45, 2.75) is 64.2 Å². The van der Waals surface area contributed by atoms with Gasteiger partial charge in [-0.1, -0.05) is 20.3 Å². The maximum Gasteiger partial charge on any atom is 0.326 e. The quantitative estimate of drug-likeness (QED) is 0.165. The lowest BCUT2D eigenvalue weighted by Crippen LogP contribution is -2.57. The molecule has 0 aromatic carbocycles. The zero-order valence-corrected chi connectivity index (χ0v) is 17.7. The van der Waals surface area contributed by atoms with Gasteiger partial charge in [0.15, 0.2) is 0 Å². The Labute approximate surface area is 175 Å². The molecule has 29 heavy (non-hydrogen) atoms. The minimum absolute atomic E-state index is 0.0745. The van der Waals surface area contributed by atoms with E-state index in [1.54, 1.807) is 0 Å². The van der Waals surface area contributed by atoms with E-state index in [9.17, 15) is 24.0 Å². The van der Waals surface area contributed by atoms with Gasteiger partial charge in [0, 0.05) is 12.2 Å². The molecule has 0 rings (SSSR count). The highest BCUT2D eigenvalue weighted by Gasteiger charge is 2.28. The van der Waals surface area contributed by atoms with E-state index in [4.69, 9.17) is 16.6 Å². The van der Waals surface area contributed by atoms with Crippen molar-refractivity contribution in [1.82, 2.24) is 16.0 Å². The Hall–Kier alpha value is -2.34. The Morgan fingerprint density at radius 2 is 1.52 bits per heavy atom. The minimum Gasteiger partial charge on any atom is -0.480 e. The molecule has 11 nitrogen and oxygen atoms in total. The second kappa shape index (κ2) is 13.0. The average molecular weight is 434 g/mol. The number of carboxylic acids is 1. The van der Waals surface area contributed by atoms with Gasteiger partial charge in [0.2, 0.25) is 23.6 Å². The van der Waals surface area contributed by atoms with Crippen LogP contribution in [-0.2, 0) is 24.0 Å². The summed E-state index contributed by atoms with van der Waals surface area (Å²) in [7, 11) is 0. The molecule has 12 heteroatoms. The highest BCUT2D eigenvalue weighted by Crippen LogP contribution is 2.05. The fourth-order valence-corrected chi connectivity index (χ4v) is 2.45. The second-order valence-corrected chi connectivity index (χ2v) is 7.15. The summed E-state index contributed by atoms with van der Waals surface area (Å²) in [5.41, 5.74) is 10.8. The predicted molar refractivity (Wildman–Crippen MR) is 109 cm³/mol. The summed E-state index contributed by atoms with van der Waals surface area (Å²) < 4.78 is 0. The van der Waals surface area contributed by atoms with Gasteiger partial charge >= 0.3 is 5.97 Å². The van der Waals surface area contributed by atoms with Gasteiger partial charge in [-0.15, -0.1) is 0 Å². The van der Waals surface area contributed by atoms with Crippen LogP contribution < -0.4 is 27.4 Å². The third kappa shape index (κ3) is 9.61. The number of amides is 4. The fraction of sp³-hybridized carbons (Fsp3) is 0.706. The van der Waals surface area contributed by atoms with Crippen LogP contribution >= 0.6 is 12.6 Å². The molecule has 5 unspecified atom stereocenters. The monoisotopic (exact) mass is 433 g/mol. The first-order valence-corrected chi connectivity index (χ1v) is 9.86. The van der Waals surface area contributed by atoms with Crippen molar-refractivity contribution in [3.63, 3.8) is 0 Å². The van der Waals surface area contributed by atoms with Crippen LogP contribution in [0.15, 0.2) is 0 Å². The molecular weight excluding hydrogens is 402 g/mol. The van der Waals surface area contributed by atoms with E-state index in [1.807, 2.05) is 13.8 Å². The fourth-order valence-electron chi connectivity index (χ4n) is 2.19. The van der Waals surface area contributed by atoms with Gasteiger partial charge in [-0.05, 0) is 19.3 Å². The number of thiol groups is 1.